The Morgan fingerprint density at radius 1 is 1.43 bits per heavy atom. The average molecular weight is 190 g/mol. The minimum atomic E-state index is 0.562. The van der Waals surface area contributed by atoms with Crippen molar-refractivity contribution in [2.75, 3.05) is 19.0 Å². The van der Waals surface area contributed by atoms with Gasteiger partial charge >= 0.3 is 0 Å². The lowest BCUT2D eigenvalue weighted by atomic mass is 10.2. The van der Waals surface area contributed by atoms with E-state index in [9.17, 15) is 0 Å². The Balaban J connectivity index is 2.54. The topological polar surface area (TPSA) is 57.9 Å². The average Bonchev–Trinajstić information content (AvgIpc) is 2.59. The van der Waals surface area contributed by atoms with Crippen LogP contribution >= 0.6 is 0 Å². The molecule has 14 heavy (non-hydrogen) atoms. The Morgan fingerprint density at radius 3 is 2.86 bits per heavy atom. The maximum Gasteiger partial charge on any atom is 0.203 e. The SMILES string of the molecule is CN(C)c1nc2ccc(CN)cc2[nH]1. The smallest absolute Gasteiger partial charge is 0.203 e. The molecule has 0 aliphatic rings. The zero-order valence-electron chi connectivity index (χ0n) is 8.41. The van der Waals surface area contributed by atoms with E-state index in [0.717, 1.165) is 22.5 Å². The fourth-order valence-corrected chi connectivity index (χ4v) is 1.38. The summed E-state index contributed by atoms with van der Waals surface area (Å²) in [6.45, 7) is 0.562. The number of hydrogen-bond acceptors (Lipinski definition) is 3. The molecule has 0 spiro atoms. The van der Waals surface area contributed by atoms with E-state index in [4.69, 9.17) is 5.73 Å². The Hall–Kier alpha value is -1.55. The quantitative estimate of drug-likeness (QED) is 0.745. The molecule has 74 valence electrons. The van der Waals surface area contributed by atoms with E-state index in [1.807, 2.05) is 37.2 Å². The van der Waals surface area contributed by atoms with Gasteiger partial charge in [0.15, 0.2) is 0 Å². The van der Waals surface area contributed by atoms with E-state index in [-0.39, 0.29) is 0 Å². The van der Waals surface area contributed by atoms with Crippen LogP contribution in [0.4, 0.5) is 5.95 Å². The first-order valence-electron chi connectivity index (χ1n) is 4.57. The summed E-state index contributed by atoms with van der Waals surface area (Å²) in [7, 11) is 3.92. The van der Waals surface area contributed by atoms with Crippen molar-refractivity contribution in [3.63, 3.8) is 0 Å². The minimum Gasteiger partial charge on any atom is -0.349 e. The summed E-state index contributed by atoms with van der Waals surface area (Å²) in [5.41, 5.74) is 8.70. The van der Waals surface area contributed by atoms with Crippen LogP contribution in [0.3, 0.4) is 0 Å². The summed E-state index contributed by atoms with van der Waals surface area (Å²) in [5, 5.41) is 0. The van der Waals surface area contributed by atoms with Crippen LogP contribution in [0.5, 0.6) is 0 Å². The van der Waals surface area contributed by atoms with Crippen LogP contribution in [0.15, 0.2) is 18.2 Å². The number of nitrogens with zero attached hydrogens (tertiary/aromatic N) is 2. The van der Waals surface area contributed by atoms with Gasteiger partial charge in [-0.1, -0.05) is 6.07 Å². The van der Waals surface area contributed by atoms with Gasteiger partial charge < -0.3 is 15.6 Å². The Morgan fingerprint density at radius 2 is 2.21 bits per heavy atom. The van der Waals surface area contributed by atoms with Crippen molar-refractivity contribution in [2.45, 2.75) is 6.54 Å². The Bertz CT molecular complexity index is 444. The van der Waals surface area contributed by atoms with Gasteiger partial charge in [0.05, 0.1) is 11.0 Å². The van der Waals surface area contributed by atoms with Crippen LogP contribution in [-0.2, 0) is 6.54 Å². The zero-order chi connectivity index (χ0) is 10.1. The van der Waals surface area contributed by atoms with Gasteiger partial charge in [-0.3, -0.25) is 0 Å². The highest BCUT2D eigenvalue weighted by molar-refractivity contribution is 5.78. The molecule has 0 saturated heterocycles. The summed E-state index contributed by atoms with van der Waals surface area (Å²) in [4.78, 5) is 9.59. The Kier molecular flexibility index (Phi) is 2.13. The maximum absolute atomic E-state index is 5.56. The van der Waals surface area contributed by atoms with Gasteiger partial charge in [-0.15, -0.1) is 0 Å². The molecule has 2 rings (SSSR count). The van der Waals surface area contributed by atoms with Gasteiger partial charge in [0.25, 0.3) is 0 Å². The number of nitrogens with two attached hydrogens (primary N) is 1. The highest BCUT2D eigenvalue weighted by Crippen LogP contribution is 2.16. The van der Waals surface area contributed by atoms with E-state index in [1.54, 1.807) is 0 Å². The first kappa shape index (κ1) is 9.02. The van der Waals surface area contributed by atoms with E-state index in [1.165, 1.54) is 0 Å². The van der Waals surface area contributed by atoms with E-state index in [0.29, 0.717) is 6.54 Å². The van der Waals surface area contributed by atoms with Gasteiger partial charge in [0.1, 0.15) is 0 Å². The van der Waals surface area contributed by atoms with E-state index in [2.05, 4.69) is 9.97 Å². The Labute approximate surface area is 82.7 Å². The summed E-state index contributed by atoms with van der Waals surface area (Å²) >= 11 is 0. The molecule has 0 aliphatic heterocycles. The van der Waals surface area contributed by atoms with Gasteiger partial charge in [0.2, 0.25) is 5.95 Å². The van der Waals surface area contributed by atoms with E-state index >= 15 is 0 Å². The number of H-pyrrole nitrogens is 1. The van der Waals surface area contributed by atoms with Crippen LogP contribution in [0, 0.1) is 0 Å². The van der Waals surface area contributed by atoms with Crippen molar-refractivity contribution < 1.29 is 0 Å². The normalized spacial score (nSPS) is 10.8. The highest BCUT2D eigenvalue weighted by atomic mass is 15.2. The lowest BCUT2D eigenvalue weighted by Crippen LogP contribution is -2.09. The standard InChI is InChI=1S/C10H14N4/c1-14(2)10-12-8-4-3-7(6-11)5-9(8)13-10/h3-5H,6,11H2,1-2H3,(H,12,13). The van der Waals surface area contributed by atoms with Crippen molar-refractivity contribution in [1.29, 1.82) is 0 Å². The molecule has 0 radical (unpaired) electrons. The van der Waals surface area contributed by atoms with Crippen LogP contribution in [0.2, 0.25) is 0 Å². The van der Waals surface area contributed by atoms with Crippen LogP contribution in [0.1, 0.15) is 5.56 Å². The molecule has 0 bridgehead atoms. The fourth-order valence-electron chi connectivity index (χ4n) is 1.38. The van der Waals surface area contributed by atoms with Crippen molar-refractivity contribution >= 4 is 17.0 Å². The summed E-state index contributed by atoms with van der Waals surface area (Å²) in [5.74, 6) is 0.870. The number of rotatable bonds is 2. The second-order valence-electron chi connectivity index (χ2n) is 3.51. The molecule has 1 aromatic heterocycles. The molecule has 0 atom stereocenters. The molecule has 0 unspecified atom stereocenters. The molecular weight excluding hydrogens is 176 g/mol. The molecule has 4 nitrogen and oxygen atoms in total. The van der Waals surface area contributed by atoms with Crippen LogP contribution < -0.4 is 10.6 Å². The van der Waals surface area contributed by atoms with Crippen molar-refractivity contribution in [2.24, 2.45) is 5.73 Å². The van der Waals surface area contributed by atoms with Crippen molar-refractivity contribution in [1.82, 2.24) is 9.97 Å². The third kappa shape index (κ3) is 1.44. The molecule has 0 saturated carbocycles. The molecule has 0 aliphatic carbocycles. The van der Waals surface area contributed by atoms with Gasteiger partial charge in [-0.2, -0.15) is 0 Å². The first-order valence-corrected chi connectivity index (χ1v) is 4.57. The predicted octanol–water partition coefficient (Wildman–Crippen LogP) is 1.09. The lowest BCUT2D eigenvalue weighted by Gasteiger charge is -2.05. The third-order valence-corrected chi connectivity index (χ3v) is 2.19. The van der Waals surface area contributed by atoms with E-state index < -0.39 is 0 Å². The van der Waals surface area contributed by atoms with Crippen LogP contribution in [-0.4, -0.2) is 24.1 Å². The molecule has 0 amide bonds. The van der Waals surface area contributed by atoms with Crippen molar-refractivity contribution in [3.8, 4) is 0 Å². The number of imidazole rings is 1. The molecule has 4 heteroatoms. The predicted molar refractivity (Wildman–Crippen MR) is 58.3 cm³/mol. The minimum absolute atomic E-state index is 0.562. The number of anilines is 1. The second kappa shape index (κ2) is 3.31. The molecule has 3 N–H and O–H groups in total. The summed E-state index contributed by atoms with van der Waals surface area (Å²) < 4.78 is 0. The zero-order valence-corrected chi connectivity index (χ0v) is 8.41. The number of hydrogen-bond donors (Lipinski definition) is 2. The monoisotopic (exact) mass is 190 g/mol. The number of aromatic amines is 1. The van der Waals surface area contributed by atoms with Gasteiger partial charge in [-0.25, -0.2) is 4.98 Å². The molecule has 2 aromatic rings. The molecular formula is C10H14N4. The number of aromatic nitrogens is 2. The number of benzene rings is 1. The van der Waals surface area contributed by atoms with Gasteiger partial charge in [-0.05, 0) is 17.7 Å². The lowest BCUT2D eigenvalue weighted by molar-refractivity contribution is 1.05. The van der Waals surface area contributed by atoms with Crippen LogP contribution in [0.25, 0.3) is 11.0 Å². The second-order valence-corrected chi connectivity index (χ2v) is 3.51. The largest absolute Gasteiger partial charge is 0.349 e. The molecule has 1 aromatic carbocycles. The summed E-state index contributed by atoms with van der Waals surface area (Å²) in [6.07, 6.45) is 0. The van der Waals surface area contributed by atoms with Gasteiger partial charge in [0, 0.05) is 20.6 Å². The highest BCUT2D eigenvalue weighted by Gasteiger charge is 2.03. The third-order valence-electron chi connectivity index (χ3n) is 2.19. The molecule has 1 heterocycles. The first-order chi connectivity index (χ1) is 6.70. The molecule has 0 fully saturated rings. The van der Waals surface area contributed by atoms with Crippen molar-refractivity contribution in [3.05, 3.63) is 23.8 Å². The number of nitrogens with one attached hydrogen (secondary N) is 1. The fraction of sp³-hybridized carbons (Fsp3) is 0.300. The number of fused-ring (bicyclic) bond motifs is 1. The maximum atomic E-state index is 5.56. The summed E-state index contributed by atoms with van der Waals surface area (Å²) in [6, 6.07) is 6.03.